The Labute approximate surface area is 63.1 Å². The summed E-state index contributed by atoms with van der Waals surface area (Å²) in [6, 6.07) is 0. The number of carbonyl (C=O) groups excluding carboxylic acids is 1. The Kier molecular flexibility index (Phi) is 1.89. The maximum atomic E-state index is 10.7. The summed E-state index contributed by atoms with van der Waals surface area (Å²) in [4.78, 5) is 20.9. The van der Waals surface area contributed by atoms with Crippen LogP contribution in [0, 0.1) is 5.92 Å². The standard InChI is InChI=1S/C6H8N2O3/c1-3-4(2-5(9)10)7-8-6(3)11/h3H,2H2,1H3,(H,8,11)(H,9,10). The summed E-state index contributed by atoms with van der Waals surface area (Å²) in [7, 11) is 0. The molecule has 5 heteroatoms. The summed E-state index contributed by atoms with van der Waals surface area (Å²) in [5.74, 6) is -1.60. The highest BCUT2D eigenvalue weighted by Gasteiger charge is 2.26. The second kappa shape index (κ2) is 2.69. The van der Waals surface area contributed by atoms with Crippen molar-refractivity contribution in [1.82, 2.24) is 5.43 Å². The number of hydrogen-bond acceptors (Lipinski definition) is 3. The summed E-state index contributed by atoms with van der Waals surface area (Å²) in [5, 5.41) is 11.9. The molecular formula is C6H8N2O3. The predicted octanol–water partition coefficient (Wildman–Crippen LogP) is -0.417. The molecule has 0 aliphatic carbocycles. The van der Waals surface area contributed by atoms with Crippen LogP contribution < -0.4 is 5.43 Å². The van der Waals surface area contributed by atoms with Crippen molar-refractivity contribution in [2.75, 3.05) is 0 Å². The Hall–Kier alpha value is -1.39. The molecule has 1 unspecified atom stereocenters. The van der Waals surface area contributed by atoms with Crippen molar-refractivity contribution in [3.63, 3.8) is 0 Å². The monoisotopic (exact) mass is 156 g/mol. The number of hydrazone groups is 1. The molecule has 0 spiro atoms. The predicted molar refractivity (Wildman–Crippen MR) is 37.0 cm³/mol. The van der Waals surface area contributed by atoms with Crippen LogP contribution >= 0.6 is 0 Å². The molecule has 0 saturated heterocycles. The van der Waals surface area contributed by atoms with Crippen LogP contribution in [0.4, 0.5) is 0 Å². The van der Waals surface area contributed by atoms with Crippen LogP contribution in [0.3, 0.4) is 0 Å². The molecular weight excluding hydrogens is 148 g/mol. The number of nitrogens with zero attached hydrogens (tertiary/aromatic N) is 1. The molecule has 1 heterocycles. The first-order valence-electron chi connectivity index (χ1n) is 3.19. The van der Waals surface area contributed by atoms with Gasteiger partial charge in [-0.3, -0.25) is 9.59 Å². The Bertz CT molecular complexity index is 234. The summed E-state index contributed by atoms with van der Waals surface area (Å²) in [5.41, 5.74) is 2.60. The molecule has 0 bridgehead atoms. The fourth-order valence-corrected chi connectivity index (χ4v) is 0.819. The van der Waals surface area contributed by atoms with Crippen molar-refractivity contribution in [3.8, 4) is 0 Å². The quantitative estimate of drug-likeness (QED) is 0.570. The Morgan fingerprint density at radius 1 is 1.82 bits per heavy atom. The van der Waals surface area contributed by atoms with Gasteiger partial charge in [-0.1, -0.05) is 0 Å². The third-order valence-electron chi connectivity index (χ3n) is 1.54. The summed E-state index contributed by atoms with van der Waals surface area (Å²) in [6.45, 7) is 1.63. The highest BCUT2D eigenvalue weighted by Crippen LogP contribution is 2.08. The van der Waals surface area contributed by atoms with E-state index in [0.29, 0.717) is 5.71 Å². The van der Waals surface area contributed by atoms with Crippen LogP contribution in [-0.2, 0) is 9.59 Å². The van der Waals surface area contributed by atoms with E-state index in [9.17, 15) is 9.59 Å². The van der Waals surface area contributed by atoms with E-state index in [-0.39, 0.29) is 12.3 Å². The van der Waals surface area contributed by atoms with E-state index in [1.807, 2.05) is 0 Å². The van der Waals surface area contributed by atoms with Gasteiger partial charge in [0.05, 0.1) is 18.1 Å². The van der Waals surface area contributed by atoms with Crippen molar-refractivity contribution in [1.29, 1.82) is 0 Å². The van der Waals surface area contributed by atoms with E-state index < -0.39 is 11.9 Å². The highest BCUT2D eigenvalue weighted by molar-refractivity contribution is 6.12. The van der Waals surface area contributed by atoms with Crippen molar-refractivity contribution in [3.05, 3.63) is 0 Å². The number of rotatable bonds is 2. The van der Waals surface area contributed by atoms with Gasteiger partial charge >= 0.3 is 5.97 Å². The average Bonchev–Trinajstić information content (AvgIpc) is 2.18. The molecule has 0 aromatic carbocycles. The number of amides is 1. The van der Waals surface area contributed by atoms with E-state index >= 15 is 0 Å². The van der Waals surface area contributed by atoms with Gasteiger partial charge in [0.1, 0.15) is 0 Å². The van der Waals surface area contributed by atoms with Crippen LogP contribution in [0.15, 0.2) is 5.10 Å². The third kappa shape index (κ3) is 1.54. The molecule has 1 aliphatic rings. The van der Waals surface area contributed by atoms with Gasteiger partial charge in [0.2, 0.25) is 5.91 Å². The Balaban J connectivity index is 2.61. The van der Waals surface area contributed by atoms with Crippen LogP contribution in [0.5, 0.6) is 0 Å². The molecule has 0 saturated carbocycles. The van der Waals surface area contributed by atoms with Gasteiger partial charge < -0.3 is 5.11 Å². The molecule has 0 aromatic heterocycles. The second-order valence-corrected chi connectivity index (χ2v) is 2.37. The number of carboxylic acid groups (broad SMARTS) is 1. The summed E-state index contributed by atoms with van der Waals surface area (Å²) < 4.78 is 0. The van der Waals surface area contributed by atoms with Gasteiger partial charge in [-0.25, -0.2) is 5.43 Å². The zero-order valence-electron chi connectivity index (χ0n) is 6.00. The molecule has 2 N–H and O–H groups in total. The molecule has 1 rings (SSSR count). The van der Waals surface area contributed by atoms with Gasteiger partial charge in [-0.15, -0.1) is 0 Å². The first kappa shape index (κ1) is 7.71. The summed E-state index contributed by atoms with van der Waals surface area (Å²) >= 11 is 0. The van der Waals surface area contributed by atoms with E-state index in [2.05, 4.69) is 10.5 Å². The molecule has 11 heavy (non-hydrogen) atoms. The first-order chi connectivity index (χ1) is 5.11. The van der Waals surface area contributed by atoms with Crippen molar-refractivity contribution in [2.24, 2.45) is 11.0 Å². The topological polar surface area (TPSA) is 78.8 Å². The minimum Gasteiger partial charge on any atom is -0.481 e. The zero-order valence-corrected chi connectivity index (χ0v) is 6.00. The fraction of sp³-hybridized carbons (Fsp3) is 0.500. The lowest BCUT2D eigenvalue weighted by molar-refractivity contribution is -0.135. The molecule has 0 aromatic rings. The molecule has 0 radical (unpaired) electrons. The smallest absolute Gasteiger partial charge is 0.309 e. The lowest BCUT2D eigenvalue weighted by Crippen LogP contribution is -2.21. The van der Waals surface area contributed by atoms with Crippen molar-refractivity contribution >= 4 is 17.6 Å². The van der Waals surface area contributed by atoms with Crippen molar-refractivity contribution in [2.45, 2.75) is 13.3 Å². The number of carbonyl (C=O) groups is 2. The lowest BCUT2D eigenvalue weighted by Gasteiger charge is -1.98. The maximum Gasteiger partial charge on any atom is 0.309 e. The van der Waals surface area contributed by atoms with Gasteiger partial charge in [0.25, 0.3) is 0 Å². The molecule has 1 amide bonds. The van der Waals surface area contributed by atoms with Crippen LogP contribution in [0.25, 0.3) is 0 Å². The number of aliphatic carboxylic acids is 1. The normalized spacial score (nSPS) is 22.8. The first-order valence-corrected chi connectivity index (χ1v) is 3.19. The Morgan fingerprint density at radius 2 is 2.45 bits per heavy atom. The van der Waals surface area contributed by atoms with Crippen LogP contribution in [0.1, 0.15) is 13.3 Å². The number of carboxylic acids is 1. The van der Waals surface area contributed by atoms with Gasteiger partial charge in [0, 0.05) is 0 Å². The molecule has 5 nitrogen and oxygen atoms in total. The number of hydrogen-bond donors (Lipinski definition) is 2. The molecule has 1 aliphatic heterocycles. The second-order valence-electron chi connectivity index (χ2n) is 2.37. The summed E-state index contributed by atoms with van der Waals surface area (Å²) in [6.07, 6.45) is -0.167. The SMILES string of the molecule is CC1C(=O)NN=C1CC(=O)O. The highest BCUT2D eigenvalue weighted by atomic mass is 16.4. The minimum atomic E-state index is -0.966. The molecule has 60 valence electrons. The zero-order chi connectivity index (χ0) is 8.43. The lowest BCUT2D eigenvalue weighted by atomic mass is 10.0. The van der Waals surface area contributed by atoms with Crippen LogP contribution in [0.2, 0.25) is 0 Å². The van der Waals surface area contributed by atoms with E-state index in [0.717, 1.165) is 0 Å². The minimum absolute atomic E-state index is 0.167. The number of nitrogens with one attached hydrogen (secondary N) is 1. The van der Waals surface area contributed by atoms with Gasteiger partial charge in [0.15, 0.2) is 0 Å². The van der Waals surface area contributed by atoms with Crippen LogP contribution in [-0.4, -0.2) is 22.7 Å². The van der Waals surface area contributed by atoms with E-state index in [4.69, 9.17) is 5.11 Å². The Morgan fingerprint density at radius 3 is 2.82 bits per heavy atom. The van der Waals surface area contributed by atoms with E-state index in [1.165, 1.54) is 0 Å². The van der Waals surface area contributed by atoms with E-state index in [1.54, 1.807) is 6.92 Å². The largest absolute Gasteiger partial charge is 0.481 e. The molecule has 0 fully saturated rings. The fourth-order valence-electron chi connectivity index (χ4n) is 0.819. The van der Waals surface area contributed by atoms with Gasteiger partial charge in [-0.05, 0) is 6.92 Å². The molecule has 1 atom stereocenters. The average molecular weight is 156 g/mol. The maximum absolute atomic E-state index is 10.7. The van der Waals surface area contributed by atoms with Gasteiger partial charge in [-0.2, -0.15) is 5.10 Å². The van der Waals surface area contributed by atoms with Crippen molar-refractivity contribution < 1.29 is 14.7 Å². The third-order valence-corrected chi connectivity index (χ3v) is 1.54.